The molecule has 3 amide bonds. The molecule has 4 rings (SSSR count). The van der Waals surface area contributed by atoms with E-state index in [1.54, 1.807) is 36.0 Å². The molecule has 27 heavy (non-hydrogen) atoms. The summed E-state index contributed by atoms with van der Waals surface area (Å²) in [6, 6.07) is 5.78. The van der Waals surface area contributed by atoms with Crippen LogP contribution in [0.5, 0.6) is 0 Å². The maximum atomic E-state index is 12.9. The summed E-state index contributed by atoms with van der Waals surface area (Å²) in [4.78, 5) is 39.5. The maximum Gasteiger partial charge on any atom is 0.262 e. The molecule has 0 saturated heterocycles. The van der Waals surface area contributed by atoms with Gasteiger partial charge in [-0.15, -0.1) is 10.2 Å². The normalized spacial score (nSPS) is 17.1. The second kappa shape index (κ2) is 7.40. The Labute approximate surface area is 164 Å². The first-order chi connectivity index (χ1) is 13.1. The highest BCUT2D eigenvalue weighted by Gasteiger charge is 2.42. The van der Waals surface area contributed by atoms with Gasteiger partial charge in [-0.3, -0.25) is 24.6 Å². The Kier molecular flexibility index (Phi) is 4.96. The average molecular weight is 403 g/mol. The highest BCUT2D eigenvalue weighted by Crippen LogP contribution is 2.42. The third-order valence-electron chi connectivity index (χ3n) is 4.63. The molecule has 0 unspecified atom stereocenters. The number of thioether (sulfide) groups is 1. The molecule has 2 heterocycles. The van der Waals surface area contributed by atoms with Gasteiger partial charge in [0.05, 0.1) is 11.1 Å². The van der Waals surface area contributed by atoms with Crippen LogP contribution in [0.2, 0.25) is 0 Å². The van der Waals surface area contributed by atoms with Crippen LogP contribution in [0.4, 0.5) is 5.13 Å². The molecule has 1 aliphatic carbocycles. The minimum atomic E-state index is -0.877. The van der Waals surface area contributed by atoms with E-state index in [1.807, 2.05) is 6.26 Å². The Balaban J connectivity index is 1.56. The SMILES string of the molecule is CSCC[C@@H](C(=O)Nc1nnc(C2CC2)s1)N1C(=O)c2ccccc2C1=O. The number of amides is 3. The largest absolute Gasteiger partial charge is 0.299 e. The Morgan fingerprint density at radius 1 is 1.26 bits per heavy atom. The molecule has 140 valence electrons. The van der Waals surface area contributed by atoms with Gasteiger partial charge in [0.1, 0.15) is 11.0 Å². The van der Waals surface area contributed by atoms with Gasteiger partial charge in [0.2, 0.25) is 11.0 Å². The van der Waals surface area contributed by atoms with Crippen molar-refractivity contribution in [1.29, 1.82) is 0 Å². The quantitative estimate of drug-likeness (QED) is 0.716. The number of imide groups is 1. The van der Waals surface area contributed by atoms with Crippen LogP contribution in [0.15, 0.2) is 24.3 Å². The predicted molar refractivity (Wildman–Crippen MR) is 104 cm³/mol. The smallest absolute Gasteiger partial charge is 0.262 e. The van der Waals surface area contributed by atoms with E-state index in [9.17, 15) is 14.4 Å². The molecule has 2 aromatic rings. The summed E-state index contributed by atoms with van der Waals surface area (Å²) in [6.45, 7) is 0. The van der Waals surface area contributed by atoms with Gasteiger partial charge in [0.25, 0.3) is 11.8 Å². The first-order valence-electron chi connectivity index (χ1n) is 8.70. The van der Waals surface area contributed by atoms with Crippen molar-refractivity contribution in [2.45, 2.75) is 31.2 Å². The molecule has 7 nitrogen and oxygen atoms in total. The molecule has 1 saturated carbocycles. The zero-order valence-corrected chi connectivity index (χ0v) is 16.3. The molecule has 1 aliphatic heterocycles. The minimum absolute atomic E-state index is 0.344. The van der Waals surface area contributed by atoms with Gasteiger partial charge in [-0.25, -0.2) is 0 Å². The third kappa shape index (κ3) is 3.49. The van der Waals surface area contributed by atoms with Crippen molar-refractivity contribution in [3.05, 3.63) is 40.4 Å². The molecule has 0 bridgehead atoms. The summed E-state index contributed by atoms with van der Waals surface area (Å²) < 4.78 is 0. The van der Waals surface area contributed by atoms with Gasteiger partial charge in [-0.2, -0.15) is 11.8 Å². The summed E-state index contributed by atoms with van der Waals surface area (Å²) in [5, 5.41) is 12.2. The van der Waals surface area contributed by atoms with Crippen LogP contribution in [-0.4, -0.2) is 50.9 Å². The molecule has 1 fully saturated rings. The van der Waals surface area contributed by atoms with Gasteiger partial charge in [-0.05, 0) is 43.4 Å². The van der Waals surface area contributed by atoms with Crippen molar-refractivity contribution in [2.75, 3.05) is 17.3 Å². The number of hydrogen-bond donors (Lipinski definition) is 1. The van der Waals surface area contributed by atoms with E-state index >= 15 is 0 Å². The van der Waals surface area contributed by atoms with Crippen LogP contribution in [0.1, 0.15) is 50.9 Å². The van der Waals surface area contributed by atoms with Crippen LogP contribution in [0.3, 0.4) is 0 Å². The molecular weight excluding hydrogens is 384 g/mol. The fraction of sp³-hybridized carbons (Fsp3) is 0.389. The third-order valence-corrected chi connectivity index (χ3v) is 6.28. The van der Waals surface area contributed by atoms with Crippen LogP contribution >= 0.6 is 23.1 Å². The number of hydrogen-bond acceptors (Lipinski definition) is 7. The summed E-state index contributed by atoms with van der Waals surface area (Å²) in [5.74, 6) is -0.149. The molecule has 0 radical (unpaired) electrons. The Bertz CT molecular complexity index is 875. The topological polar surface area (TPSA) is 92.3 Å². The van der Waals surface area contributed by atoms with E-state index in [1.165, 1.54) is 11.3 Å². The molecule has 0 spiro atoms. The van der Waals surface area contributed by atoms with Crippen molar-refractivity contribution in [3.8, 4) is 0 Å². The Morgan fingerprint density at radius 2 is 1.93 bits per heavy atom. The fourth-order valence-corrected chi connectivity index (χ4v) is 4.44. The standard InChI is InChI=1S/C18H18N4O3S2/c1-26-9-8-13(14(23)19-18-21-20-15(27-18)10-6-7-10)22-16(24)11-4-2-3-5-12(11)17(22)25/h2-5,10,13H,6-9H2,1H3,(H,19,21,23)/t13-/m0/s1. The maximum absolute atomic E-state index is 12.9. The summed E-state index contributed by atoms with van der Waals surface area (Å²) in [6.07, 6.45) is 4.51. The number of fused-ring (bicyclic) bond motifs is 1. The van der Waals surface area contributed by atoms with Crippen molar-refractivity contribution >= 4 is 46.0 Å². The average Bonchev–Trinajstić information content (AvgIpc) is 3.38. The minimum Gasteiger partial charge on any atom is -0.299 e. The Hall–Kier alpha value is -2.26. The number of rotatable bonds is 7. The van der Waals surface area contributed by atoms with Crippen LogP contribution in [0.25, 0.3) is 0 Å². The van der Waals surface area contributed by atoms with Crippen LogP contribution in [0, 0.1) is 0 Å². The second-order valence-corrected chi connectivity index (χ2v) is 8.53. The molecular formula is C18H18N4O3S2. The van der Waals surface area contributed by atoms with Gasteiger partial charge in [0.15, 0.2) is 0 Å². The van der Waals surface area contributed by atoms with Crippen molar-refractivity contribution in [2.24, 2.45) is 0 Å². The number of benzene rings is 1. The van der Waals surface area contributed by atoms with E-state index in [0.717, 1.165) is 22.7 Å². The van der Waals surface area contributed by atoms with E-state index in [-0.39, 0.29) is 0 Å². The fourth-order valence-electron chi connectivity index (χ4n) is 3.07. The number of nitrogens with zero attached hydrogens (tertiary/aromatic N) is 3. The monoisotopic (exact) mass is 402 g/mol. The molecule has 1 atom stereocenters. The van der Waals surface area contributed by atoms with Crippen LogP contribution in [-0.2, 0) is 4.79 Å². The lowest BCUT2D eigenvalue weighted by atomic mass is 10.1. The summed E-state index contributed by atoms with van der Waals surface area (Å²) in [5.41, 5.74) is 0.688. The Morgan fingerprint density at radius 3 is 2.52 bits per heavy atom. The summed E-state index contributed by atoms with van der Waals surface area (Å²) >= 11 is 2.92. The first-order valence-corrected chi connectivity index (χ1v) is 10.9. The lowest BCUT2D eigenvalue weighted by Crippen LogP contribution is -2.47. The van der Waals surface area contributed by atoms with E-state index in [4.69, 9.17) is 0 Å². The molecule has 1 aromatic heterocycles. The predicted octanol–water partition coefficient (Wildman–Crippen LogP) is 2.77. The highest BCUT2D eigenvalue weighted by atomic mass is 32.2. The number of carbonyl (C=O) groups is 3. The second-order valence-electron chi connectivity index (χ2n) is 6.53. The lowest BCUT2D eigenvalue weighted by Gasteiger charge is -2.24. The first kappa shape index (κ1) is 18.1. The highest BCUT2D eigenvalue weighted by molar-refractivity contribution is 7.98. The molecule has 1 aromatic carbocycles. The molecule has 1 N–H and O–H groups in total. The molecule has 9 heteroatoms. The van der Waals surface area contributed by atoms with E-state index in [0.29, 0.717) is 34.4 Å². The van der Waals surface area contributed by atoms with Crippen molar-refractivity contribution in [3.63, 3.8) is 0 Å². The number of nitrogens with one attached hydrogen (secondary N) is 1. The lowest BCUT2D eigenvalue weighted by molar-refractivity contribution is -0.120. The number of carbonyl (C=O) groups excluding carboxylic acids is 3. The van der Waals surface area contributed by atoms with Gasteiger partial charge < -0.3 is 0 Å². The van der Waals surface area contributed by atoms with Gasteiger partial charge in [-0.1, -0.05) is 23.5 Å². The van der Waals surface area contributed by atoms with E-state index in [2.05, 4.69) is 15.5 Å². The summed E-state index contributed by atoms with van der Waals surface area (Å²) in [7, 11) is 0. The molecule has 2 aliphatic rings. The number of anilines is 1. The van der Waals surface area contributed by atoms with Crippen LogP contribution < -0.4 is 5.32 Å². The number of aromatic nitrogens is 2. The van der Waals surface area contributed by atoms with Gasteiger partial charge in [0, 0.05) is 5.92 Å². The van der Waals surface area contributed by atoms with Crippen molar-refractivity contribution < 1.29 is 14.4 Å². The zero-order chi connectivity index (χ0) is 19.0. The van der Waals surface area contributed by atoms with Gasteiger partial charge >= 0.3 is 0 Å². The van der Waals surface area contributed by atoms with E-state index < -0.39 is 23.8 Å². The zero-order valence-electron chi connectivity index (χ0n) is 14.7. The van der Waals surface area contributed by atoms with Crippen molar-refractivity contribution in [1.82, 2.24) is 15.1 Å².